The van der Waals surface area contributed by atoms with Crippen LogP contribution in [0.3, 0.4) is 0 Å². The van der Waals surface area contributed by atoms with Crippen molar-refractivity contribution in [2.45, 2.75) is 30.4 Å². The van der Waals surface area contributed by atoms with E-state index in [1.165, 1.54) is 0 Å². The summed E-state index contributed by atoms with van der Waals surface area (Å²) in [6.07, 6.45) is 4.81. The number of hydrogen-bond donors (Lipinski definition) is 1. The largest absolute Gasteiger partial charge is 0.459 e. The lowest BCUT2D eigenvalue weighted by Gasteiger charge is -2.31. The Morgan fingerprint density at radius 2 is 2.03 bits per heavy atom. The van der Waals surface area contributed by atoms with Crippen LogP contribution in [0.1, 0.15) is 34.5 Å². The number of amides is 2. The van der Waals surface area contributed by atoms with Crippen LogP contribution in [0.4, 0.5) is 5.82 Å². The zero-order valence-corrected chi connectivity index (χ0v) is 18.2. The molecule has 0 aliphatic carbocycles. The van der Waals surface area contributed by atoms with E-state index in [9.17, 15) is 9.59 Å². The number of thioether (sulfide) groups is 1. The van der Waals surface area contributed by atoms with Gasteiger partial charge in [0.05, 0.1) is 12.2 Å². The van der Waals surface area contributed by atoms with E-state index in [1.54, 1.807) is 35.2 Å². The third kappa shape index (κ3) is 5.35. The van der Waals surface area contributed by atoms with Crippen molar-refractivity contribution in [1.29, 1.82) is 0 Å². The Bertz CT molecular complexity index is 1030. The van der Waals surface area contributed by atoms with Crippen LogP contribution in [-0.2, 0) is 10.5 Å². The summed E-state index contributed by atoms with van der Waals surface area (Å²) >= 11 is 1.66. The van der Waals surface area contributed by atoms with Crippen LogP contribution in [0.2, 0.25) is 0 Å². The summed E-state index contributed by atoms with van der Waals surface area (Å²) in [5.74, 6) is 1.03. The van der Waals surface area contributed by atoms with Crippen LogP contribution in [0.5, 0.6) is 0 Å². The molecule has 7 heteroatoms. The molecule has 3 heterocycles. The van der Waals surface area contributed by atoms with E-state index < -0.39 is 0 Å². The summed E-state index contributed by atoms with van der Waals surface area (Å²) in [7, 11) is 0. The molecule has 1 aliphatic rings. The van der Waals surface area contributed by atoms with Crippen LogP contribution >= 0.6 is 11.8 Å². The van der Waals surface area contributed by atoms with E-state index in [0.717, 1.165) is 28.9 Å². The lowest BCUT2D eigenvalue weighted by molar-refractivity contribution is -0.121. The van der Waals surface area contributed by atoms with Crippen molar-refractivity contribution < 1.29 is 14.0 Å². The molecule has 1 aliphatic heterocycles. The first-order valence-electron chi connectivity index (χ1n) is 10.4. The number of aryl methyl sites for hydroxylation is 1. The molecule has 1 unspecified atom stereocenters. The summed E-state index contributed by atoms with van der Waals surface area (Å²) in [6.45, 7) is 2.95. The van der Waals surface area contributed by atoms with E-state index in [-0.39, 0.29) is 17.7 Å². The van der Waals surface area contributed by atoms with E-state index in [0.29, 0.717) is 30.4 Å². The van der Waals surface area contributed by atoms with Gasteiger partial charge in [0.25, 0.3) is 5.91 Å². The summed E-state index contributed by atoms with van der Waals surface area (Å²) in [5.41, 5.74) is 1.90. The minimum absolute atomic E-state index is 0.104. The SMILES string of the molecule is Cc1ccc(NC(=O)C2CCCN(C(=O)c3occc3CSc3ccccc3)C2)nc1. The second kappa shape index (κ2) is 9.83. The summed E-state index contributed by atoms with van der Waals surface area (Å²) in [4.78, 5) is 33.0. The van der Waals surface area contributed by atoms with Gasteiger partial charge in [-0.2, -0.15) is 0 Å². The highest BCUT2D eigenvalue weighted by Gasteiger charge is 2.31. The molecular weight excluding hydrogens is 410 g/mol. The zero-order valence-electron chi connectivity index (χ0n) is 17.4. The highest BCUT2D eigenvalue weighted by Crippen LogP contribution is 2.27. The molecule has 2 amide bonds. The number of rotatable bonds is 6. The Morgan fingerprint density at radius 1 is 1.19 bits per heavy atom. The molecule has 1 aromatic carbocycles. The summed E-state index contributed by atoms with van der Waals surface area (Å²) in [5, 5.41) is 2.87. The minimum atomic E-state index is -0.266. The van der Waals surface area contributed by atoms with Gasteiger partial charge in [0.15, 0.2) is 5.76 Å². The lowest BCUT2D eigenvalue weighted by atomic mass is 9.96. The van der Waals surface area contributed by atoms with Crippen molar-refractivity contribution in [3.05, 3.63) is 77.9 Å². The quantitative estimate of drug-likeness (QED) is 0.565. The number of furan rings is 1. The molecule has 160 valence electrons. The first-order chi connectivity index (χ1) is 15.1. The van der Waals surface area contributed by atoms with E-state index in [2.05, 4.69) is 10.3 Å². The number of carbonyl (C=O) groups is 2. The average molecular weight is 436 g/mol. The van der Waals surface area contributed by atoms with Gasteiger partial charge >= 0.3 is 0 Å². The van der Waals surface area contributed by atoms with Gasteiger partial charge in [0, 0.05) is 35.5 Å². The van der Waals surface area contributed by atoms with Crippen LogP contribution in [0.15, 0.2) is 70.3 Å². The predicted molar refractivity (Wildman–Crippen MR) is 121 cm³/mol. The lowest BCUT2D eigenvalue weighted by Crippen LogP contribution is -2.44. The normalized spacial score (nSPS) is 16.2. The maximum atomic E-state index is 13.1. The molecule has 0 radical (unpaired) electrons. The number of hydrogen-bond acceptors (Lipinski definition) is 5. The second-order valence-corrected chi connectivity index (χ2v) is 8.73. The zero-order chi connectivity index (χ0) is 21.6. The molecule has 1 N–H and O–H groups in total. The molecule has 1 saturated heterocycles. The Labute approximate surface area is 186 Å². The number of nitrogens with one attached hydrogen (secondary N) is 1. The van der Waals surface area contributed by atoms with Gasteiger partial charge in [-0.25, -0.2) is 4.98 Å². The predicted octanol–water partition coefficient (Wildman–Crippen LogP) is 4.77. The van der Waals surface area contributed by atoms with Crippen molar-refractivity contribution in [2.24, 2.45) is 5.92 Å². The van der Waals surface area contributed by atoms with Crippen LogP contribution < -0.4 is 5.32 Å². The number of benzene rings is 1. The number of pyridine rings is 1. The van der Waals surface area contributed by atoms with Crippen molar-refractivity contribution in [2.75, 3.05) is 18.4 Å². The Balaban J connectivity index is 1.38. The van der Waals surface area contributed by atoms with Crippen LogP contribution in [-0.4, -0.2) is 34.8 Å². The molecule has 0 bridgehead atoms. The molecule has 1 fully saturated rings. The fourth-order valence-corrected chi connectivity index (χ4v) is 4.50. The summed E-state index contributed by atoms with van der Waals surface area (Å²) < 4.78 is 5.56. The number of carbonyl (C=O) groups excluding carboxylic acids is 2. The van der Waals surface area contributed by atoms with Gasteiger partial charge in [-0.15, -0.1) is 11.8 Å². The van der Waals surface area contributed by atoms with Gasteiger partial charge < -0.3 is 14.6 Å². The number of nitrogens with zero attached hydrogens (tertiary/aromatic N) is 2. The van der Waals surface area contributed by atoms with Gasteiger partial charge in [-0.1, -0.05) is 24.3 Å². The molecule has 0 spiro atoms. The third-order valence-electron chi connectivity index (χ3n) is 5.32. The molecule has 1 atom stereocenters. The van der Waals surface area contributed by atoms with Crippen molar-refractivity contribution in [3.8, 4) is 0 Å². The van der Waals surface area contributed by atoms with E-state index in [4.69, 9.17) is 4.42 Å². The standard InChI is InChI=1S/C24H25N3O3S/c1-17-9-10-21(25-14-17)26-23(28)18-6-5-12-27(15-18)24(29)22-19(11-13-30-22)16-31-20-7-3-2-4-8-20/h2-4,7-11,13-14,18H,5-6,12,15-16H2,1H3,(H,25,26,28). The van der Waals surface area contributed by atoms with Gasteiger partial charge in [0.2, 0.25) is 5.91 Å². The third-order valence-corrected chi connectivity index (χ3v) is 6.38. The highest BCUT2D eigenvalue weighted by molar-refractivity contribution is 7.98. The minimum Gasteiger partial charge on any atom is -0.459 e. The molecule has 4 rings (SSSR count). The van der Waals surface area contributed by atoms with Gasteiger partial charge in [-0.05, 0) is 49.6 Å². The first-order valence-corrected chi connectivity index (χ1v) is 11.4. The van der Waals surface area contributed by atoms with Crippen molar-refractivity contribution >= 4 is 29.4 Å². The summed E-state index contributed by atoms with van der Waals surface area (Å²) in [6, 6.07) is 15.6. The smallest absolute Gasteiger partial charge is 0.289 e. The highest BCUT2D eigenvalue weighted by atomic mass is 32.2. The maximum absolute atomic E-state index is 13.1. The molecule has 2 aromatic heterocycles. The van der Waals surface area contributed by atoms with Gasteiger partial charge in [0.1, 0.15) is 5.82 Å². The number of aromatic nitrogens is 1. The maximum Gasteiger partial charge on any atom is 0.289 e. The monoisotopic (exact) mass is 435 g/mol. The molecule has 3 aromatic rings. The Morgan fingerprint density at radius 3 is 2.81 bits per heavy atom. The van der Waals surface area contributed by atoms with E-state index >= 15 is 0 Å². The van der Waals surface area contributed by atoms with Crippen LogP contribution in [0, 0.1) is 12.8 Å². The second-order valence-electron chi connectivity index (χ2n) is 7.68. The van der Waals surface area contributed by atoms with Crippen molar-refractivity contribution in [3.63, 3.8) is 0 Å². The fourth-order valence-electron chi connectivity index (χ4n) is 3.60. The fraction of sp³-hybridized carbons (Fsp3) is 0.292. The topological polar surface area (TPSA) is 75.4 Å². The number of piperidine rings is 1. The molecular formula is C24H25N3O3S. The number of anilines is 1. The molecule has 31 heavy (non-hydrogen) atoms. The molecule has 0 saturated carbocycles. The Kier molecular flexibility index (Phi) is 6.72. The first kappa shape index (κ1) is 21.2. The average Bonchev–Trinajstić information content (AvgIpc) is 3.28. The molecule has 6 nitrogen and oxygen atoms in total. The van der Waals surface area contributed by atoms with E-state index in [1.807, 2.05) is 49.4 Å². The van der Waals surface area contributed by atoms with Gasteiger partial charge in [-0.3, -0.25) is 9.59 Å². The number of likely N-dealkylation sites (tertiary alicyclic amines) is 1. The Hall–Kier alpha value is -3.06. The van der Waals surface area contributed by atoms with Crippen molar-refractivity contribution in [1.82, 2.24) is 9.88 Å². The van der Waals surface area contributed by atoms with Crippen LogP contribution in [0.25, 0.3) is 0 Å².